The number of aromatic nitrogens is 1. The maximum absolute atomic E-state index is 12.7. The number of nitrogens with zero attached hydrogens (tertiary/aromatic N) is 1. The quantitative estimate of drug-likeness (QED) is 0.673. The molecule has 0 bridgehead atoms. The minimum Gasteiger partial charge on any atom is -0.255 e. The Labute approximate surface area is 138 Å². The number of fused-ring (bicyclic) bond motifs is 1. The summed E-state index contributed by atoms with van der Waals surface area (Å²) in [4.78, 5) is 4.33. The van der Waals surface area contributed by atoms with Gasteiger partial charge in [0.25, 0.3) is 0 Å². The Kier molecular flexibility index (Phi) is 3.85. The summed E-state index contributed by atoms with van der Waals surface area (Å²) >= 11 is 12.1. The molecular formula is C16H11Cl2NO2S. The maximum Gasteiger partial charge on any atom is 0.209 e. The maximum atomic E-state index is 12.7. The highest BCUT2D eigenvalue weighted by molar-refractivity contribution is 7.91. The van der Waals surface area contributed by atoms with Gasteiger partial charge in [0.2, 0.25) is 9.84 Å². The van der Waals surface area contributed by atoms with E-state index >= 15 is 0 Å². The van der Waals surface area contributed by atoms with Crippen LogP contribution in [0.4, 0.5) is 0 Å². The van der Waals surface area contributed by atoms with Gasteiger partial charge in [0.1, 0.15) is 4.90 Å². The minimum atomic E-state index is -3.74. The van der Waals surface area contributed by atoms with Gasteiger partial charge in [-0.05, 0) is 43.3 Å². The predicted molar refractivity (Wildman–Crippen MR) is 88.4 cm³/mol. The van der Waals surface area contributed by atoms with Crippen LogP contribution in [0.2, 0.25) is 10.0 Å². The second-order valence-corrected chi connectivity index (χ2v) is 7.65. The van der Waals surface area contributed by atoms with Crippen molar-refractivity contribution in [1.29, 1.82) is 0 Å². The first-order valence-electron chi connectivity index (χ1n) is 6.45. The molecule has 3 rings (SSSR count). The molecule has 0 saturated carbocycles. The Morgan fingerprint density at radius 3 is 2.36 bits per heavy atom. The van der Waals surface area contributed by atoms with Crippen molar-refractivity contribution in [3.8, 4) is 0 Å². The average molecular weight is 352 g/mol. The van der Waals surface area contributed by atoms with E-state index in [2.05, 4.69) is 4.98 Å². The third-order valence-electron chi connectivity index (χ3n) is 3.34. The molecule has 0 fully saturated rings. The largest absolute Gasteiger partial charge is 0.255 e. The zero-order valence-electron chi connectivity index (χ0n) is 11.5. The van der Waals surface area contributed by atoms with E-state index in [1.807, 2.05) is 25.1 Å². The number of pyridine rings is 1. The van der Waals surface area contributed by atoms with Crippen molar-refractivity contribution < 1.29 is 8.42 Å². The molecule has 0 aliphatic carbocycles. The Balaban J connectivity index is 2.25. The molecule has 3 aromatic rings. The lowest BCUT2D eigenvalue weighted by molar-refractivity contribution is 0.596. The van der Waals surface area contributed by atoms with Crippen molar-refractivity contribution in [2.45, 2.75) is 16.7 Å². The van der Waals surface area contributed by atoms with Crippen LogP contribution in [0.3, 0.4) is 0 Å². The van der Waals surface area contributed by atoms with Crippen molar-refractivity contribution in [3.05, 3.63) is 64.3 Å². The van der Waals surface area contributed by atoms with E-state index in [-0.39, 0.29) is 14.8 Å². The van der Waals surface area contributed by atoms with Crippen LogP contribution in [0.25, 0.3) is 10.9 Å². The van der Waals surface area contributed by atoms with Crippen molar-refractivity contribution in [2.24, 2.45) is 0 Å². The molecule has 0 radical (unpaired) electrons. The summed E-state index contributed by atoms with van der Waals surface area (Å²) in [6.45, 7) is 1.91. The van der Waals surface area contributed by atoms with Crippen LogP contribution in [0.5, 0.6) is 0 Å². The molecule has 0 atom stereocenters. The molecule has 0 unspecified atom stereocenters. The molecule has 0 spiro atoms. The van der Waals surface area contributed by atoms with Crippen LogP contribution in [-0.2, 0) is 9.84 Å². The molecule has 0 aliphatic heterocycles. The van der Waals surface area contributed by atoms with Crippen LogP contribution >= 0.6 is 23.2 Å². The fourth-order valence-corrected chi connectivity index (χ4v) is 4.10. The molecule has 112 valence electrons. The smallest absolute Gasteiger partial charge is 0.209 e. The number of rotatable bonds is 2. The minimum absolute atomic E-state index is 0.00501. The highest BCUT2D eigenvalue weighted by Gasteiger charge is 2.22. The SMILES string of the molecule is Cc1ccc2ncc(S(=O)(=O)c3ccc(Cl)cc3)c(Cl)c2c1. The second-order valence-electron chi connectivity index (χ2n) is 4.91. The van der Waals surface area contributed by atoms with Gasteiger partial charge in [0.05, 0.1) is 15.4 Å². The molecule has 0 N–H and O–H groups in total. The van der Waals surface area contributed by atoms with E-state index < -0.39 is 9.84 Å². The van der Waals surface area contributed by atoms with Crippen LogP contribution in [0, 0.1) is 6.92 Å². The first-order chi connectivity index (χ1) is 10.4. The van der Waals surface area contributed by atoms with Crippen LogP contribution in [0.1, 0.15) is 5.56 Å². The summed E-state index contributed by atoms with van der Waals surface area (Å²) < 4.78 is 25.5. The third-order valence-corrected chi connectivity index (χ3v) is 5.89. The van der Waals surface area contributed by atoms with E-state index in [9.17, 15) is 8.42 Å². The van der Waals surface area contributed by atoms with Crippen LogP contribution < -0.4 is 0 Å². The molecule has 0 aliphatic rings. The van der Waals surface area contributed by atoms with E-state index in [0.717, 1.165) is 5.56 Å². The predicted octanol–water partition coefficient (Wildman–Crippen LogP) is 4.68. The van der Waals surface area contributed by atoms with Crippen molar-refractivity contribution in [1.82, 2.24) is 4.98 Å². The van der Waals surface area contributed by atoms with Gasteiger partial charge in [0.15, 0.2) is 0 Å². The van der Waals surface area contributed by atoms with Crippen molar-refractivity contribution in [2.75, 3.05) is 0 Å². The van der Waals surface area contributed by atoms with Gasteiger partial charge in [0, 0.05) is 16.6 Å². The Bertz CT molecular complexity index is 967. The summed E-state index contributed by atoms with van der Waals surface area (Å²) in [5.74, 6) is 0. The first-order valence-corrected chi connectivity index (χ1v) is 8.69. The Morgan fingerprint density at radius 2 is 1.68 bits per heavy atom. The molecule has 3 nitrogen and oxygen atoms in total. The fraction of sp³-hybridized carbons (Fsp3) is 0.0625. The van der Waals surface area contributed by atoms with Gasteiger partial charge in [-0.2, -0.15) is 0 Å². The molecule has 6 heteroatoms. The normalized spacial score (nSPS) is 11.8. The standard InChI is InChI=1S/C16H11Cl2NO2S/c1-10-2-7-14-13(8-10)16(18)15(9-19-14)22(20,21)12-5-3-11(17)4-6-12/h2-9H,1H3. The summed E-state index contributed by atoms with van der Waals surface area (Å²) in [6, 6.07) is 11.5. The molecule has 2 aromatic carbocycles. The zero-order chi connectivity index (χ0) is 15.9. The van der Waals surface area contributed by atoms with Gasteiger partial charge in [-0.25, -0.2) is 8.42 Å². The number of halogens is 2. The average Bonchev–Trinajstić information content (AvgIpc) is 2.48. The summed E-state index contributed by atoms with van der Waals surface area (Å²) in [6.07, 6.45) is 1.30. The topological polar surface area (TPSA) is 47.0 Å². The summed E-state index contributed by atoms with van der Waals surface area (Å²) in [5, 5.41) is 1.28. The van der Waals surface area contributed by atoms with Crippen LogP contribution in [-0.4, -0.2) is 13.4 Å². The molecule has 22 heavy (non-hydrogen) atoms. The van der Waals surface area contributed by atoms with Gasteiger partial charge in [-0.1, -0.05) is 34.8 Å². The third kappa shape index (κ3) is 2.58. The molecule has 1 heterocycles. The van der Waals surface area contributed by atoms with Crippen molar-refractivity contribution >= 4 is 43.9 Å². The lowest BCUT2D eigenvalue weighted by Gasteiger charge is -2.09. The second kappa shape index (κ2) is 5.54. The molecule has 1 aromatic heterocycles. The fourth-order valence-electron chi connectivity index (χ4n) is 2.18. The first kappa shape index (κ1) is 15.3. The lowest BCUT2D eigenvalue weighted by Crippen LogP contribution is -2.04. The monoisotopic (exact) mass is 351 g/mol. The van der Waals surface area contributed by atoms with Gasteiger partial charge >= 0.3 is 0 Å². The van der Waals surface area contributed by atoms with Crippen LogP contribution in [0.15, 0.2) is 58.5 Å². The van der Waals surface area contributed by atoms with E-state index in [4.69, 9.17) is 23.2 Å². The number of benzene rings is 2. The summed E-state index contributed by atoms with van der Waals surface area (Å²) in [7, 11) is -3.74. The highest BCUT2D eigenvalue weighted by atomic mass is 35.5. The number of hydrogen-bond donors (Lipinski definition) is 0. The van der Waals surface area contributed by atoms with Crippen molar-refractivity contribution in [3.63, 3.8) is 0 Å². The zero-order valence-corrected chi connectivity index (χ0v) is 13.9. The van der Waals surface area contributed by atoms with E-state index in [1.54, 1.807) is 0 Å². The van der Waals surface area contributed by atoms with Gasteiger partial charge < -0.3 is 0 Å². The number of sulfone groups is 1. The molecule has 0 amide bonds. The summed E-state index contributed by atoms with van der Waals surface area (Å²) in [5.41, 5.74) is 1.64. The molecule has 0 saturated heterocycles. The van der Waals surface area contributed by atoms with Gasteiger partial charge in [-0.15, -0.1) is 0 Å². The van der Waals surface area contributed by atoms with E-state index in [1.165, 1.54) is 30.5 Å². The Hall–Kier alpha value is -1.62. The number of aryl methyl sites for hydroxylation is 1. The number of hydrogen-bond acceptors (Lipinski definition) is 3. The highest BCUT2D eigenvalue weighted by Crippen LogP contribution is 2.33. The Morgan fingerprint density at radius 1 is 1.00 bits per heavy atom. The van der Waals surface area contributed by atoms with E-state index in [0.29, 0.717) is 15.9 Å². The molecular weight excluding hydrogens is 341 g/mol. The van der Waals surface area contributed by atoms with Gasteiger partial charge in [-0.3, -0.25) is 4.98 Å². The lowest BCUT2D eigenvalue weighted by atomic mass is 10.1.